The van der Waals surface area contributed by atoms with Crippen LogP contribution in [0.1, 0.15) is 19.8 Å². The first-order chi connectivity index (χ1) is 9.97. The monoisotopic (exact) mass is 320 g/mol. The average Bonchev–Trinajstić information content (AvgIpc) is 2.47. The van der Waals surface area contributed by atoms with Gasteiger partial charge in [-0.1, -0.05) is 6.08 Å². The van der Waals surface area contributed by atoms with Gasteiger partial charge in [0.15, 0.2) is 0 Å². The van der Waals surface area contributed by atoms with E-state index in [4.69, 9.17) is 9.84 Å². The number of hydrogen-bond acceptors (Lipinski definition) is 5. The van der Waals surface area contributed by atoms with E-state index in [1.807, 2.05) is 0 Å². The fraction of sp³-hybridized carbons (Fsp3) is 0.769. The van der Waals surface area contributed by atoms with E-state index >= 15 is 0 Å². The minimum atomic E-state index is -3.70. The van der Waals surface area contributed by atoms with Gasteiger partial charge in [-0.15, -0.1) is 6.58 Å². The van der Waals surface area contributed by atoms with Crippen molar-refractivity contribution in [2.45, 2.75) is 19.8 Å². The maximum atomic E-state index is 12.5. The van der Waals surface area contributed by atoms with Crippen molar-refractivity contribution in [2.75, 3.05) is 39.4 Å². The quantitative estimate of drug-likeness (QED) is 0.502. The molecular formula is C13H24N2O5S. The molecule has 0 bridgehead atoms. The van der Waals surface area contributed by atoms with Crippen LogP contribution in [0.4, 0.5) is 0 Å². The zero-order chi connectivity index (χ0) is 15.9. The van der Waals surface area contributed by atoms with Gasteiger partial charge in [0.1, 0.15) is 0 Å². The van der Waals surface area contributed by atoms with Crippen molar-refractivity contribution in [3.63, 3.8) is 0 Å². The third kappa shape index (κ3) is 4.77. The van der Waals surface area contributed by atoms with Crippen LogP contribution in [0.2, 0.25) is 0 Å². The standard InChI is InChI=1S/C13H24N2O5S/c1-3-7-14(9-10-16)21(18,19)15-8-5-6-12(11-15)13(17)20-4-2/h3,12,16H,1,4-11H2,2H3. The molecule has 1 N–H and O–H groups in total. The minimum absolute atomic E-state index is 0.00886. The van der Waals surface area contributed by atoms with Crippen LogP contribution < -0.4 is 0 Å². The van der Waals surface area contributed by atoms with Crippen LogP contribution in [0.15, 0.2) is 12.7 Å². The van der Waals surface area contributed by atoms with Crippen molar-refractivity contribution in [2.24, 2.45) is 5.92 Å². The van der Waals surface area contributed by atoms with Gasteiger partial charge in [-0.05, 0) is 19.8 Å². The minimum Gasteiger partial charge on any atom is -0.466 e. The van der Waals surface area contributed by atoms with Gasteiger partial charge in [-0.2, -0.15) is 17.0 Å². The molecule has 0 aromatic heterocycles. The summed E-state index contributed by atoms with van der Waals surface area (Å²) in [4.78, 5) is 11.8. The Labute approximate surface area is 126 Å². The first-order valence-electron chi connectivity index (χ1n) is 7.11. The number of nitrogens with zero attached hydrogens (tertiary/aromatic N) is 2. The molecule has 1 heterocycles. The summed E-state index contributed by atoms with van der Waals surface area (Å²) in [5.41, 5.74) is 0. The van der Waals surface area contributed by atoms with Gasteiger partial charge >= 0.3 is 5.97 Å². The van der Waals surface area contributed by atoms with Gasteiger partial charge in [0.2, 0.25) is 0 Å². The predicted molar refractivity (Wildman–Crippen MR) is 78.7 cm³/mol. The van der Waals surface area contributed by atoms with E-state index in [2.05, 4.69) is 6.58 Å². The summed E-state index contributed by atoms with van der Waals surface area (Å²) in [6.45, 7) is 5.91. The third-order valence-electron chi connectivity index (χ3n) is 3.34. The topological polar surface area (TPSA) is 87.2 Å². The van der Waals surface area contributed by atoms with Crippen molar-refractivity contribution in [1.82, 2.24) is 8.61 Å². The van der Waals surface area contributed by atoms with E-state index in [0.717, 1.165) is 4.31 Å². The second-order valence-corrected chi connectivity index (χ2v) is 6.76. The highest BCUT2D eigenvalue weighted by Gasteiger charge is 2.35. The molecule has 0 aromatic rings. The fourth-order valence-corrected chi connectivity index (χ4v) is 3.99. The maximum Gasteiger partial charge on any atom is 0.310 e. The molecule has 1 aliphatic heterocycles. The van der Waals surface area contributed by atoms with Crippen LogP contribution in [0.3, 0.4) is 0 Å². The Morgan fingerprint density at radius 2 is 2.29 bits per heavy atom. The Balaban J connectivity index is 2.81. The summed E-state index contributed by atoms with van der Waals surface area (Å²) >= 11 is 0. The van der Waals surface area contributed by atoms with Gasteiger partial charge in [0.25, 0.3) is 10.2 Å². The van der Waals surface area contributed by atoms with Gasteiger partial charge in [0, 0.05) is 26.2 Å². The lowest BCUT2D eigenvalue weighted by Gasteiger charge is -2.34. The number of esters is 1. The molecule has 0 aliphatic carbocycles. The second kappa shape index (κ2) is 8.47. The number of rotatable bonds is 8. The van der Waals surface area contributed by atoms with E-state index in [1.54, 1.807) is 6.92 Å². The number of carbonyl (C=O) groups is 1. The molecule has 1 unspecified atom stereocenters. The van der Waals surface area contributed by atoms with E-state index < -0.39 is 16.1 Å². The maximum absolute atomic E-state index is 12.5. The van der Waals surface area contributed by atoms with Crippen LogP contribution in [0.5, 0.6) is 0 Å². The van der Waals surface area contributed by atoms with Crippen LogP contribution in [-0.2, 0) is 19.7 Å². The summed E-state index contributed by atoms with van der Waals surface area (Å²) in [5.74, 6) is -0.775. The summed E-state index contributed by atoms with van der Waals surface area (Å²) in [7, 11) is -3.70. The van der Waals surface area contributed by atoms with E-state index in [-0.39, 0.29) is 38.8 Å². The van der Waals surface area contributed by atoms with Crippen molar-refractivity contribution in [3.05, 3.63) is 12.7 Å². The zero-order valence-electron chi connectivity index (χ0n) is 12.4. The smallest absolute Gasteiger partial charge is 0.310 e. The largest absolute Gasteiger partial charge is 0.466 e. The summed E-state index contributed by atoms with van der Waals surface area (Å²) in [6, 6.07) is 0. The number of carbonyl (C=O) groups excluding carboxylic acids is 1. The Morgan fingerprint density at radius 3 is 2.86 bits per heavy atom. The van der Waals surface area contributed by atoms with Crippen LogP contribution in [0, 0.1) is 5.92 Å². The van der Waals surface area contributed by atoms with Gasteiger partial charge in [-0.25, -0.2) is 0 Å². The molecule has 0 aromatic carbocycles. The molecule has 1 aliphatic rings. The van der Waals surface area contributed by atoms with E-state index in [1.165, 1.54) is 10.4 Å². The SMILES string of the molecule is C=CCN(CCO)S(=O)(=O)N1CCCC(C(=O)OCC)C1. The molecule has 0 saturated carbocycles. The van der Waals surface area contributed by atoms with Crippen molar-refractivity contribution >= 4 is 16.2 Å². The summed E-state index contributed by atoms with van der Waals surface area (Å²) < 4.78 is 32.5. The number of piperidine rings is 1. The molecule has 7 nitrogen and oxygen atoms in total. The predicted octanol–water partition coefficient (Wildman–Crippen LogP) is -0.0134. The first-order valence-corrected chi connectivity index (χ1v) is 8.50. The highest BCUT2D eigenvalue weighted by Crippen LogP contribution is 2.22. The molecular weight excluding hydrogens is 296 g/mol. The summed E-state index contributed by atoms with van der Waals surface area (Å²) in [5, 5.41) is 9.00. The Morgan fingerprint density at radius 1 is 1.57 bits per heavy atom. The van der Waals surface area contributed by atoms with Crippen LogP contribution >= 0.6 is 0 Å². The molecule has 1 fully saturated rings. The van der Waals surface area contributed by atoms with Crippen LogP contribution in [-0.4, -0.2) is 67.5 Å². The third-order valence-corrected chi connectivity index (χ3v) is 5.31. The molecule has 21 heavy (non-hydrogen) atoms. The molecule has 0 spiro atoms. The lowest BCUT2D eigenvalue weighted by Crippen LogP contribution is -2.50. The average molecular weight is 320 g/mol. The van der Waals surface area contributed by atoms with Crippen molar-refractivity contribution < 1.29 is 23.1 Å². The lowest BCUT2D eigenvalue weighted by molar-refractivity contribution is -0.149. The molecule has 0 amide bonds. The van der Waals surface area contributed by atoms with E-state index in [0.29, 0.717) is 19.4 Å². The normalized spacial score (nSPS) is 20.4. The molecule has 0 radical (unpaired) electrons. The summed E-state index contributed by atoms with van der Waals surface area (Å²) in [6.07, 6.45) is 2.72. The molecule has 1 atom stereocenters. The molecule has 1 saturated heterocycles. The number of aliphatic hydroxyl groups is 1. The van der Waals surface area contributed by atoms with Gasteiger partial charge in [-0.3, -0.25) is 4.79 Å². The zero-order valence-corrected chi connectivity index (χ0v) is 13.2. The highest BCUT2D eigenvalue weighted by atomic mass is 32.2. The highest BCUT2D eigenvalue weighted by molar-refractivity contribution is 7.86. The Bertz CT molecular complexity index is 451. The van der Waals surface area contributed by atoms with Crippen molar-refractivity contribution in [3.8, 4) is 0 Å². The van der Waals surface area contributed by atoms with Gasteiger partial charge < -0.3 is 9.84 Å². The number of hydrogen-bond donors (Lipinski definition) is 1. The second-order valence-electron chi connectivity index (χ2n) is 4.83. The lowest BCUT2D eigenvalue weighted by atomic mass is 10.0. The van der Waals surface area contributed by atoms with Crippen molar-refractivity contribution in [1.29, 1.82) is 0 Å². The van der Waals surface area contributed by atoms with E-state index in [9.17, 15) is 13.2 Å². The fourth-order valence-electron chi connectivity index (χ4n) is 2.32. The number of aliphatic hydroxyl groups excluding tert-OH is 1. The number of ether oxygens (including phenoxy) is 1. The Hall–Kier alpha value is -0.960. The molecule has 122 valence electrons. The Kier molecular flexibility index (Phi) is 7.30. The van der Waals surface area contributed by atoms with Crippen LogP contribution in [0.25, 0.3) is 0 Å². The molecule has 8 heteroatoms. The first kappa shape index (κ1) is 18.1. The molecule has 1 rings (SSSR count). The van der Waals surface area contributed by atoms with Gasteiger partial charge in [0.05, 0.1) is 19.1 Å².